The molecule has 1 fully saturated rings. The van der Waals surface area contributed by atoms with Crippen molar-refractivity contribution in [3.05, 3.63) is 24.3 Å². The molecule has 0 N–H and O–H groups in total. The molecule has 1 saturated heterocycles. The molecule has 1 heterocycles. The molecule has 0 radical (unpaired) electrons. The van der Waals surface area contributed by atoms with Crippen molar-refractivity contribution in [1.29, 1.82) is 0 Å². The number of benzene rings is 1. The lowest BCUT2D eigenvalue weighted by Crippen LogP contribution is -2.46. The molecule has 0 spiro atoms. The van der Waals surface area contributed by atoms with Gasteiger partial charge in [0.1, 0.15) is 6.61 Å². The van der Waals surface area contributed by atoms with Crippen LogP contribution in [0.5, 0.6) is 11.5 Å². The van der Waals surface area contributed by atoms with Gasteiger partial charge in [0.25, 0.3) is 0 Å². The lowest BCUT2D eigenvalue weighted by molar-refractivity contribution is -0.0699. The van der Waals surface area contributed by atoms with E-state index in [0.29, 0.717) is 25.4 Å². The molecule has 0 aliphatic carbocycles. The molecule has 0 bridgehead atoms. The molecule has 2 unspecified atom stereocenters. The Labute approximate surface area is 121 Å². The molecule has 112 valence electrons. The molecule has 1 aromatic carbocycles. The molecule has 0 aromatic heterocycles. The predicted molar refractivity (Wildman–Crippen MR) is 79.6 cm³/mol. The van der Waals surface area contributed by atoms with Gasteiger partial charge in [0, 0.05) is 19.6 Å². The van der Waals surface area contributed by atoms with Gasteiger partial charge < -0.3 is 14.2 Å². The number of ether oxygens (including phenoxy) is 3. The fraction of sp³-hybridized carbons (Fsp3) is 0.625. The monoisotopic (exact) mass is 279 g/mol. The van der Waals surface area contributed by atoms with Gasteiger partial charge in [-0.2, -0.15) is 0 Å². The summed E-state index contributed by atoms with van der Waals surface area (Å²) in [5, 5.41) is 0. The summed E-state index contributed by atoms with van der Waals surface area (Å²) in [5.74, 6) is 1.64. The summed E-state index contributed by atoms with van der Waals surface area (Å²) in [6.07, 6.45) is 0.601. The Kier molecular flexibility index (Phi) is 5.68. The fourth-order valence-electron chi connectivity index (χ4n) is 2.60. The van der Waals surface area contributed by atoms with E-state index in [1.165, 1.54) is 0 Å². The van der Waals surface area contributed by atoms with Crippen LogP contribution in [0.25, 0.3) is 0 Å². The van der Waals surface area contributed by atoms with Gasteiger partial charge in [0.15, 0.2) is 11.5 Å². The Hall–Kier alpha value is -1.26. The molecular weight excluding hydrogens is 254 g/mol. The van der Waals surface area contributed by atoms with Crippen LogP contribution in [-0.2, 0) is 4.74 Å². The third kappa shape index (κ3) is 4.39. The zero-order chi connectivity index (χ0) is 14.4. The highest BCUT2D eigenvalue weighted by molar-refractivity contribution is 5.39. The number of para-hydroxylation sites is 2. The first-order valence-electron chi connectivity index (χ1n) is 7.41. The zero-order valence-electron chi connectivity index (χ0n) is 12.7. The first-order chi connectivity index (χ1) is 9.69. The molecular formula is C16H25NO3. The normalized spacial score (nSPS) is 23.6. The summed E-state index contributed by atoms with van der Waals surface area (Å²) in [6.45, 7) is 10.4. The maximum absolute atomic E-state index is 5.86. The lowest BCUT2D eigenvalue weighted by Gasteiger charge is -2.35. The van der Waals surface area contributed by atoms with Crippen LogP contribution in [0.3, 0.4) is 0 Å². The van der Waals surface area contributed by atoms with Gasteiger partial charge >= 0.3 is 0 Å². The number of hydrogen-bond acceptors (Lipinski definition) is 4. The first-order valence-corrected chi connectivity index (χ1v) is 7.41. The molecule has 4 nitrogen and oxygen atoms in total. The maximum atomic E-state index is 5.86. The van der Waals surface area contributed by atoms with Crippen molar-refractivity contribution in [1.82, 2.24) is 4.90 Å². The third-order valence-electron chi connectivity index (χ3n) is 3.31. The maximum Gasteiger partial charge on any atom is 0.161 e. The molecule has 1 aliphatic heterocycles. The second kappa shape index (κ2) is 7.50. The Morgan fingerprint density at radius 2 is 1.70 bits per heavy atom. The van der Waals surface area contributed by atoms with E-state index < -0.39 is 0 Å². The minimum absolute atomic E-state index is 0.300. The van der Waals surface area contributed by atoms with Crippen LogP contribution < -0.4 is 9.47 Å². The third-order valence-corrected chi connectivity index (χ3v) is 3.31. The summed E-state index contributed by atoms with van der Waals surface area (Å²) in [4.78, 5) is 2.39. The van der Waals surface area contributed by atoms with Crippen LogP contribution >= 0.6 is 0 Å². The van der Waals surface area contributed by atoms with Crippen molar-refractivity contribution in [3.63, 3.8) is 0 Å². The zero-order valence-corrected chi connectivity index (χ0v) is 12.7. The lowest BCUT2D eigenvalue weighted by atomic mass is 10.2. The summed E-state index contributed by atoms with van der Waals surface area (Å²) in [5.41, 5.74) is 0. The second-order valence-corrected chi connectivity index (χ2v) is 5.25. The number of rotatable bonds is 6. The van der Waals surface area contributed by atoms with E-state index >= 15 is 0 Å². The topological polar surface area (TPSA) is 30.9 Å². The standard InChI is InChI=1S/C16H25NO3/c1-4-18-15-7-5-6-8-16(15)19-10-9-17-11-13(2)20-14(3)12-17/h5-8,13-14H,4,9-12H2,1-3H3. The van der Waals surface area contributed by atoms with Crippen molar-refractivity contribution in [3.8, 4) is 11.5 Å². The molecule has 1 aromatic rings. The van der Waals surface area contributed by atoms with Gasteiger partial charge in [-0.15, -0.1) is 0 Å². The van der Waals surface area contributed by atoms with E-state index in [1.54, 1.807) is 0 Å². The number of nitrogens with zero attached hydrogens (tertiary/aromatic N) is 1. The van der Waals surface area contributed by atoms with Crippen LogP contribution in [0.1, 0.15) is 20.8 Å². The Bertz CT molecular complexity index is 400. The molecule has 4 heteroatoms. The molecule has 1 aliphatic rings. The van der Waals surface area contributed by atoms with Gasteiger partial charge in [-0.25, -0.2) is 0 Å². The molecule has 2 atom stereocenters. The van der Waals surface area contributed by atoms with Crippen molar-refractivity contribution in [2.45, 2.75) is 33.0 Å². The number of hydrogen-bond donors (Lipinski definition) is 0. The van der Waals surface area contributed by atoms with E-state index in [0.717, 1.165) is 31.1 Å². The Balaban J connectivity index is 1.81. The molecule has 20 heavy (non-hydrogen) atoms. The van der Waals surface area contributed by atoms with E-state index in [9.17, 15) is 0 Å². The van der Waals surface area contributed by atoms with Gasteiger partial charge in [-0.3, -0.25) is 4.90 Å². The van der Waals surface area contributed by atoms with Crippen LogP contribution in [0, 0.1) is 0 Å². The number of morpholine rings is 1. The van der Waals surface area contributed by atoms with Crippen molar-refractivity contribution >= 4 is 0 Å². The minimum Gasteiger partial charge on any atom is -0.490 e. The highest BCUT2D eigenvalue weighted by Gasteiger charge is 2.21. The van der Waals surface area contributed by atoms with Gasteiger partial charge in [0.2, 0.25) is 0 Å². The van der Waals surface area contributed by atoms with Gasteiger partial charge in [0.05, 0.1) is 18.8 Å². The Morgan fingerprint density at radius 3 is 2.30 bits per heavy atom. The molecule has 2 rings (SSSR count). The quantitative estimate of drug-likeness (QED) is 0.801. The predicted octanol–water partition coefficient (Wildman–Crippen LogP) is 2.57. The highest BCUT2D eigenvalue weighted by Crippen LogP contribution is 2.26. The summed E-state index contributed by atoms with van der Waals surface area (Å²) < 4.78 is 17.1. The van der Waals surface area contributed by atoms with E-state index in [2.05, 4.69) is 18.7 Å². The second-order valence-electron chi connectivity index (χ2n) is 5.25. The van der Waals surface area contributed by atoms with E-state index in [1.807, 2.05) is 31.2 Å². The van der Waals surface area contributed by atoms with Crippen molar-refractivity contribution < 1.29 is 14.2 Å². The van der Waals surface area contributed by atoms with Crippen LogP contribution in [0.2, 0.25) is 0 Å². The highest BCUT2D eigenvalue weighted by atomic mass is 16.5. The smallest absolute Gasteiger partial charge is 0.161 e. The Morgan fingerprint density at radius 1 is 1.10 bits per heavy atom. The minimum atomic E-state index is 0.300. The summed E-state index contributed by atoms with van der Waals surface area (Å²) >= 11 is 0. The molecule has 0 amide bonds. The average Bonchev–Trinajstić information content (AvgIpc) is 2.40. The fourth-order valence-corrected chi connectivity index (χ4v) is 2.60. The van der Waals surface area contributed by atoms with Crippen molar-refractivity contribution in [2.75, 3.05) is 32.8 Å². The van der Waals surface area contributed by atoms with E-state index in [-0.39, 0.29) is 0 Å². The molecule has 0 saturated carbocycles. The summed E-state index contributed by atoms with van der Waals surface area (Å²) in [6, 6.07) is 7.83. The van der Waals surface area contributed by atoms with Crippen LogP contribution in [0.15, 0.2) is 24.3 Å². The summed E-state index contributed by atoms with van der Waals surface area (Å²) in [7, 11) is 0. The average molecular weight is 279 g/mol. The van der Waals surface area contributed by atoms with E-state index in [4.69, 9.17) is 14.2 Å². The largest absolute Gasteiger partial charge is 0.490 e. The van der Waals surface area contributed by atoms with Gasteiger partial charge in [-0.1, -0.05) is 12.1 Å². The van der Waals surface area contributed by atoms with Crippen LogP contribution in [0.4, 0.5) is 0 Å². The van der Waals surface area contributed by atoms with Crippen LogP contribution in [-0.4, -0.2) is 50.0 Å². The van der Waals surface area contributed by atoms with Crippen molar-refractivity contribution in [2.24, 2.45) is 0 Å². The van der Waals surface area contributed by atoms with Gasteiger partial charge in [-0.05, 0) is 32.9 Å². The first kappa shape index (κ1) is 15.1. The SMILES string of the molecule is CCOc1ccccc1OCCN1CC(C)OC(C)C1.